The van der Waals surface area contributed by atoms with E-state index in [1.165, 1.54) is 18.3 Å². The van der Waals surface area contributed by atoms with E-state index >= 15 is 0 Å². The van der Waals surface area contributed by atoms with Gasteiger partial charge >= 0.3 is 0 Å². The molecular weight excluding hydrogens is 268 g/mol. The van der Waals surface area contributed by atoms with Crippen molar-refractivity contribution in [3.63, 3.8) is 0 Å². The highest BCUT2D eigenvalue weighted by Gasteiger charge is 2.03. The van der Waals surface area contributed by atoms with Gasteiger partial charge in [-0.3, -0.25) is 9.59 Å². The van der Waals surface area contributed by atoms with Crippen molar-refractivity contribution in [2.45, 2.75) is 13.0 Å². The molecule has 0 bridgehead atoms. The Labute approximate surface area is 123 Å². The minimum absolute atomic E-state index is 0.200. The van der Waals surface area contributed by atoms with Crippen molar-refractivity contribution >= 4 is 5.91 Å². The summed E-state index contributed by atoms with van der Waals surface area (Å²) in [4.78, 5) is 25.1. The van der Waals surface area contributed by atoms with Crippen LogP contribution in [0.3, 0.4) is 0 Å². The fraction of sp³-hybridized carbons (Fsp3) is 0.250. The molecule has 0 atom stereocenters. The number of benzene rings is 1. The van der Waals surface area contributed by atoms with Crippen molar-refractivity contribution in [3.05, 3.63) is 70.1 Å². The quantitative estimate of drug-likeness (QED) is 0.761. The number of nitrogens with one attached hydrogen (secondary N) is 2. The Hall–Kier alpha value is -2.40. The molecule has 0 fully saturated rings. The summed E-state index contributed by atoms with van der Waals surface area (Å²) in [6.45, 7) is 1.70. The van der Waals surface area contributed by atoms with E-state index < -0.39 is 0 Å². The molecule has 2 aromatic rings. The maximum Gasteiger partial charge on any atom is 0.252 e. The second-order valence-electron chi connectivity index (χ2n) is 4.59. The van der Waals surface area contributed by atoms with Crippen LogP contribution in [0.2, 0.25) is 0 Å². The molecule has 0 aliphatic carbocycles. The van der Waals surface area contributed by atoms with Crippen molar-refractivity contribution in [2.24, 2.45) is 0 Å². The van der Waals surface area contributed by atoms with Crippen LogP contribution in [0, 0.1) is 0 Å². The number of H-pyrrole nitrogens is 1. The number of carbonyl (C=O) groups excluding carboxylic acids is 1. The van der Waals surface area contributed by atoms with E-state index in [2.05, 4.69) is 10.3 Å². The van der Waals surface area contributed by atoms with Gasteiger partial charge in [-0.1, -0.05) is 30.3 Å². The molecule has 0 saturated carbocycles. The Morgan fingerprint density at radius 2 is 1.95 bits per heavy atom. The van der Waals surface area contributed by atoms with Crippen LogP contribution >= 0.6 is 0 Å². The van der Waals surface area contributed by atoms with Crippen LogP contribution in [0.4, 0.5) is 0 Å². The molecule has 1 aromatic carbocycles. The van der Waals surface area contributed by atoms with E-state index in [0.29, 0.717) is 25.3 Å². The molecular formula is C16H18N2O3. The Bertz CT molecular complexity index is 602. The van der Waals surface area contributed by atoms with Gasteiger partial charge in [-0.15, -0.1) is 0 Å². The van der Waals surface area contributed by atoms with E-state index in [0.717, 1.165) is 12.0 Å². The molecule has 1 heterocycles. The highest BCUT2D eigenvalue weighted by molar-refractivity contribution is 5.93. The summed E-state index contributed by atoms with van der Waals surface area (Å²) in [6.07, 6.45) is 2.14. The van der Waals surface area contributed by atoms with Gasteiger partial charge in [0.25, 0.3) is 5.91 Å². The molecule has 0 aliphatic heterocycles. The van der Waals surface area contributed by atoms with E-state index in [9.17, 15) is 9.59 Å². The number of pyridine rings is 1. The summed E-state index contributed by atoms with van der Waals surface area (Å²) in [5.41, 5.74) is 1.36. The average Bonchev–Trinajstić information content (AvgIpc) is 2.52. The first-order valence-electron chi connectivity index (χ1n) is 6.84. The first-order valence-corrected chi connectivity index (χ1v) is 6.84. The summed E-state index contributed by atoms with van der Waals surface area (Å²) < 4.78 is 5.52. The fourth-order valence-corrected chi connectivity index (χ4v) is 1.79. The molecule has 0 radical (unpaired) electrons. The standard InChI is InChI=1S/C16H18N2O3/c19-15-8-7-14(11-18-15)16(20)17-9-4-10-21-12-13-5-2-1-3-6-13/h1-3,5-8,11H,4,9-10,12H2,(H,17,20)(H,18,19). The normalized spacial score (nSPS) is 10.3. The van der Waals surface area contributed by atoms with Crippen molar-refractivity contribution < 1.29 is 9.53 Å². The van der Waals surface area contributed by atoms with Crippen molar-refractivity contribution in [1.29, 1.82) is 0 Å². The third-order valence-corrected chi connectivity index (χ3v) is 2.91. The molecule has 21 heavy (non-hydrogen) atoms. The first kappa shape index (κ1) is 15.0. The fourth-order valence-electron chi connectivity index (χ4n) is 1.79. The third-order valence-electron chi connectivity index (χ3n) is 2.91. The van der Waals surface area contributed by atoms with Crippen molar-refractivity contribution in [2.75, 3.05) is 13.2 Å². The smallest absolute Gasteiger partial charge is 0.252 e. The SMILES string of the molecule is O=C(NCCCOCc1ccccc1)c1ccc(=O)[nH]c1. The van der Waals surface area contributed by atoms with E-state index in [1.54, 1.807) is 0 Å². The molecule has 110 valence electrons. The molecule has 0 saturated heterocycles. The van der Waals surface area contributed by atoms with Crippen LogP contribution in [0.25, 0.3) is 0 Å². The third kappa shape index (κ3) is 5.24. The van der Waals surface area contributed by atoms with Crippen LogP contribution < -0.4 is 10.9 Å². The van der Waals surface area contributed by atoms with Gasteiger partial charge in [0.2, 0.25) is 5.56 Å². The number of hydrogen-bond acceptors (Lipinski definition) is 3. The van der Waals surface area contributed by atoms with Gasteiger partial charge in [-0.2, -0.15) is 0 Å². The van der Waals surface area contributed by atoms with Gasteiger partial charge in [0, 0.05) is 25.4 Å². The number of amides is 1. The lowest BCUT2D eigenvalue weighted by atomic mass is 10.2. The summed E-state index contributed by atoms with van der Waals surface area (Å²) >= 11 is 0. The zero-order valence-corrected chi connectivity index (χ0v) is 11.7. The minimum Gasteiger partial charge on any atom is -0.377 e. The number of aromatic amines is 1. The van der Waals surface area contributed by atoms with Gasteiger partial charge in [-0.05, 0) is 18.1 Å². The molecule has 2 rings (SSSR count). The summed E-state index contributed by atoms with van der Waals surface area (Å²) in [6, 6.07) is 12.8. The number of ether oxygens (including phenoxy) is 1. The van der Waals surface area contributed by atoms with Crippen LogP contribution in [-0.4, -0.2) is 24.0 Å². The largest absolute Gasteiger partial charge is 0.377 e. The zero-order valence-electron chi connectivity index (χ0n) is 11.7. The predicted octanol–water partition coefficient (Wildman–Crippen LogP) is 1.71. The number of rotatable bonds is 7. The lowest BCUT2D eigenvalue weighted by molar-refractivity contribution is 0.0934. The molecule has 5 nitrogen and oxygen atoms in total. The summed E-state index contributed by atoms with van der Waals surface area (Å²) in [7, 11) is 0. The summed E-state index contributed by atoms with van der Waals surface area (Å²) in [5.74, 6) is -0.200. The molecule has 0 spiro atoms. The van der Waals surface area contributed by atoms with Gasteiger partial charge < -0.3 is 15.0 Å². The first-order chi connectivity index (χ1) is 10.3. The summed E-state index contributed by atoms with van der Waals surface area (Å²) in [5, 5.41) is 2.78. The molecule has 5 heteroatoms. The van der Waals surface area contributed by atoms with E-state index in [1.807, 2.05) is 30.3 Å². The van der Waals surface area contributed by atoms with Crippen molar-refractivity contribution in [1.82, 2.24) is 10.3 Å². The lowest BCUT2D eigenvalue weighted by Gasteiger charge is -2.06. The predicted molar refractivity (Wildman–Crippen MR) is 80.1 cm³/mol. The molecule has 0 aliphatic rings. The Morgan fingerprint density at radius 1 is 1.14 bits per heavy atom. The maximum atomic E-state index is 11.7. The number of hydrogen-bond donors (Lipinski definition) is 2. The van der Waals surface area contributed by atoms with Crippen LogP contribution in [0.15, 0.2) is 53.5 Å². The van der Waals surface area contributed by atoms with Gasteiger partial charge in [-0.25, -0.2) is 0 Å². The van der Waals surface area contributed by atoms with Crippen LogP contribution in [-0.2, 0) is 11.3 Å². The minimum atomic E-state index is -0.221. The number of aromatic nitrogens is 1. The van der Waals surface area contributed by atoms with Crippen LogP contribution in [0.1, 0.15) is 22.3 Å². The van der Waals surface area contributed by atoms with Crippen LogP contribution in [0.5, 0.6) is 0 Å². The van der Waals surface area contributed by atoms with Gasteiger partial charge in [0.05, 0.1) is 12.2 Å². The topological polar surface area (TPSA) is 71.2 Å². The second-order valence-corrected chi connectivity index (χ2v) is 4.59. The average molecular weight is 286 g/mol. The highest BCUT2D eigenvalue weighted by atomic mass is 16.5. The Balaban J connectivity index is 1.60. The monoisotopic (exact) mass is 286 g/mol. The van der Waals surface area contributed by atoms with Gasteiger partial charge in [0.15, 0.2) is 0 Å². The lowest BCUT2D eigenvalue weighted by Crippen LogP contribution is -2.26. The molecule has 2 N–H and O–H groups in total. The molecule has 1 amide bonds. The van der Waals surface area contributed by atoms with Gasteiger partial charge in [0.1, 0.15) is 0 Å². The molecule has 1 aromatic heterocycles. The van der Waals surface area contributed by atoms with E-state index in [-0.39, 0.29) is 11.5 Å². The van der Waals surface area contributed by atoms with Crippen molar-refractivity contribution in [3.8, 4) is 0 Å². The maximum absolute atomic E-state index is 11.7. The van der Waals surface area contributed by atoms with E-state index in [4.69, 9.17) is 4.74 Å². The zero-order chi connectivity index (χ0) is 14.9. The Kier molecular flexibility index (Phi) is 5.72. The second kappa shape index (κ2) is 8.01. The highest BCUT2D eigenvalue weighted by Crippen LogP contribution is 2.00. The Morgan fingerprint density at radius 3 is 2.67 bits per heavy atom. The molecule has 0 unspecified atom stereocenters. The number of carbonyl (C=O) groups is 1.